The zero-order valence-corrected chi connectivity index (χ0v) is 13.0. The molecule has 2 unspecified atom stereocenters. The van der Waals surface area contributed by atoms with Gasteiger partial charge in [-0.1, -0.05) is 27.7 Å². The van der Waals surface area contributed by atoms with Gasteiger partial charge in [0.25, 0.3) is 0 Å². The molecule has 0 saturated carbocycles. The number of likely N-dealkylation sites (tertiary alicyclic amines) is 1. The summed E-state index contributed by atoms with van der Waals surface area (Å²) >= 11 is 0. The molecule has 0 aliphatic carbocycles. The molecule has 0 bridgehead atoms. The van der Waals surface area contributed by atoms with E-state index in [1.807, 2.05) is 0 Å². The minimum atomic E-state index is -0.170. The fraction of sp³-hybridized carbons (Fsp3) is 0.933. The van der Waals surface area contributed by atoms with Gasteiger partial charge in [-0.05, 0) is 43.7 Å². The normalized spacial score (nSPS) is 22.2. The highest BCUT2D eigenvalue weighted by Crippen LogP contribution is 2.31. The Morgan fingerprint density at radius 1 is 1.32 bits per heavy atom. The third-order valence-corrected chi connectivity index (χ3v) is 4.30. The second-order valence-electron chi connectivity index (χ2n) is 7.03. The van der Waals surface area contributed by atoms with Gasteiger partial charge < -0.3 is 11.5 Å². The first kappa shape index (κ1) is 16.4. The van der Waals surface area contributed by atoms with Crippen molar-refractivity contribution in [1.82, 2.24) is 4.90 Å². The van der Waals surface area contributed by atoms with Gasteiger partial charge in [0, 0.05) is 18.5 Å². The number of amides is 1. The Labute approximate surface area is 117 Å². The largest absolute Gasteiger partial charge is 0.370 e. The molecular weight excluding hydrogens is 238 g/mol. The van der Waals surface area contributed by atoms with Gasteiger partial charge in [-0.2, -0.15) is 0 Å². The molecule has 0 aromatic heterocycles. The molecule has 1 amide bonds. The molecule has 0 radical (unpaired) electrons. The average molecular weight is 269 g/mol. The molecule has 1 heterocycles. The van der Waals surface area contributed by atoms with Gasteiger partial charge in [0.15, 0.2) is 0 Å². The van der Waals surface area contributed by atoms with Crippen LogP contribution in [0.25, 0.3) is 0 Å². The van der Waals surface area contributed by atoms with E-state index < -0.39 is 0 Å². The van der Waals surface area contributed by atoms with Gasteiger partial charge in [-0.15, -0.1) is 0 Å². The number of hydrogen-bond acceptors (Lipinski definition) is 3. The Balaban J connectivity index is 2.62. The molecule has 0 spiro atoms. The molecule has 112 valence electrons. The lowest BCUT2D eigenvalue weighted by molar-refractivity contribution is -0.119. The lowest BCUT2D eigenvalue weighted by Gasteiger charge is -2.46. The van der Waals surface area contributed by atoms with E-state index >= 15 is 0 Å². The number of nitrogens with two attached hydrogens (primary N) is 2. The maximum Gasteiger partial charge on any atom is 0.217 e. The van der Waals surface area contributed by atoms with E-state index in [0.717, 1.165) is 32.4 Å². The van der Waals surface area contributed by atoms with Crippen LogP contribution in [0.3, 0.4) is 0 Å². The Morgan fingerprint density at radius 3 is 2.21 bits per heavy atom. The molecule has 4 heteroatoms. The van der Waals surface area contributed by atoms with Crippen LogP contribution in [0.4, 0.5) is 0 Å². The van der Waals surface area contributed by atoms with Crippen molar-refractivity contribution in [1.29, 1.82) is 0 Å². The maximum absolute atomic E-state index is 11.0. The highest BCUT2D eigenvalue weighted by Gasteiger charge is 2.36. The lowest BCUT2D eigenvalue weighted by atomic mass is 9.79. The minimum Gasteiger partial charge on any atom is -0.370 e. The zero-order chi connectivity index (χ0) is 14.6. The predicted octanol–water partition coefficient (Wildman–Crippen LogP) is 1.73. The highest BCUT2D eigenvalue weighted by atomic mass is 16.1. The second kappa shape index (κ2) is 6.71. The summed E-state index contributed by atoms with van der Waals surface area (Å²) in [5.74, 6) is 0.295. The predicted molar refractivity (Wildman–Crippen MR) is 79.6 cm³/mol. The number of nitrogens with zero attached hydrogens (tertiary/aromatic N) is 1. The van der Waals surface area contributed by atoms with Crippen LogP contribution >= 0.6 is 0 Å². The molecule has 0 aromatic carbocycles. The highest BCUT2D eigenvalue weighted by molar-refractivity contribution is 5.73. The summed E-state index contributed by atoms with van der Waals surface area (Å²) in [7, 11) is 0. The van der Waals surface area contributed by atoms with Gasteiger partial charge in [-0.3, -0.25) is 9.69 Å². The Hall–Kier alpha value is -0.610. The van der Waals surface area contributed by atoms with E-state index in [-0.39, 0.29) is 17.4 Å². The standard InChI is InChI=1S/C15H31N3O/c1-5-12(16)14(15(2,3)4)18-8-6-11(7-9-18)10-13(17)19/h11-12,14H,5-10,16H2,1-4H3,(H2,17,19). The summed E-state index contributed by atoms with van der Waals surface area (Å²) in [6.07, 6.45) is 3.66. The van der Waals surface area contributed by atoms with E-state index in [4.69, 9.17) is 11.5 Å². The molecule has 1 aliphatic heterocycles. The van der Waals surface area contributed by atoms with Gasteiger partial charge in [0.2, 0.25) is 5.91 Å². The smallest absolute Gasteiger partial charge is 0.217 e. The molecule has 1 fully saturated rings. The first-order valence-electron chi connectivity index (χ1n) is 7.53. The molecule has 4 nitrogen and oxygen atoms in total. The number of carbonyl (C=O) groups excluding carboxylic acids is 1. The van der Waals surface area contributed by atoms with E-state index in [1.165, 1.54) is 0 Å². The first-order chi connectivity index (χ1) is 8.75. The topological polar surface area (TPSA) is 72.3 Å². The van der Waals surface area contributed by atoms with E-state index in [1.54, 1.807) is 0 Å². The van der Waals surface area contributed by atoms with E-state index in [9.17, 15) is 4.79 Å². The quantitative estimate of drug-likeness (QED) is 0.798. The van der Waals surface area contributed by atoms with Crippen LogP contribution in [0.15, 0.2) is 0 Å². The fourth-order valence-electron chi connectivity index (χ4n) is 3.40. The van der Waals surface area contributed by atoms with Crippen molar-refractivity contribution < 1.29 is 4.79 Å². The van der Waals surface area contributed by atoms with Crippen molar-refractivity contribution in [3.8, 4) is 0 Å². The zero-order valence-electron chi connectivity index (χ0n) is 13.0. The number of primary amides is 1. The average Bonchev–Trinajstić information content (AvgIpc) is 2.29. The van der Waals surface area contributed by atoms with Crippen LogP contribution < -0.4 is 11.5 Å². The third kappa shape index (κ3) is 4.77. The summed E-state index contributed by atoms with van der Waals surface area (Å²) in [5.41, 5.74) is 11.8. The summed E-state index contributed by atoms with van der Waals surface area (Å²) < 4.78 is 0. The second-order valence-corrected chi connectivity index (χ2v) is 7.03. The molecule has 2 atom stereocenters. The summed E-state index contributed by atoms with van der Waals surface area (Å²) in [4.78, 5) is 13.5. The van der Waals surface area contributed by atoms with Crippen molar-refractivity contribution in [2.24, 2.45) is 22.8 Å². The van der Waals surface area contributed by atoms with Crippen LogP contribution in [0.5, 0.6) is 0 Å². The number of rotatable bonds is 5. The summed E-state index contributed by atoms with van der Waals surface area (Å²) in [6, 6.07) is 0.625. The van der Waals surface area contributed by atoms with Crippen molar-refractivity contribution in [2.75, 3.05) is 13.1 Å². The third-order valence-electron chi connectivity index (χ3n) is 4.30. The molecular formula is C15H31N3O. The van der Waals surface area contributed by atoms with Gasteiger partial charge in [0.05, 0.1) is 0 Å². The summed E-state index contributed by atoms with van der Waals surface area (Å²) in [5, 5.41) is 0. The van der Waals surface area contributed by atoms with Crippen molar-refractivity contribution in [3.05, 3.63) is 0 Å². The van der Waals surface area contributed by atoms with Crippen LogP contribution in [-0.2, 0) is 4.79 Å². The number of hydrogen-bond donors (Lipinski definition) is 2. The van der Waals surface area contributed by atoms with Crippen LogP contribution in [0, 0.1) is 11.3 Å². The monoisotopic (exact) mass is 269 g/mol. The van der Waals surface area contributed by atoms with E-state index in [0.29, 0.717) is 18.4 Å². The van der Waals surface area contributed by atoms with Crippen molar-refractivity contribution in [2.45, 2.75) is 65.5 Å². The van der Waals surface area contributed by atoms with Gasteiger partial charge >= 0.3 is 0 Å². The van der Waals surface area contributed by atoms with Crippen LogP contribution in [0.2, 0.25) is 0 Å². The molecule has 1 saturated heterocycles. The molecule has 19 heavy (non-hydrogen) atoms. The molecule has 0 aromatic rings. The van der Waals surface area contributed by atoms with Gasteiger partial charge in [0.1, 0.15) is 0 Å². The van der Waals surface area contributed by atoms with Crippen LogP contribution in [-0.4, -0.2) is 36.0 Å². The number of piperidine rings is 1. The lowest BCUT2D eigenvalue weighted by Crippen LogP contribution is -2.56. The molecule has 1 aliphatic rings. The Morgan fingerprint density at radius 2 is 1.84 bits per heavy atom. The van der Waals surface area contributed by atoms with Gasteiger partial charge in [-0.25, -0.2) is 0 Å². The first-order valence-corrected chi connectivity index (χ1v) is 7.53. The van der Waals surface area contributed by atoms with Crippen molar-refractivity contribution in [3.63, 3.8) is 0 Å². The minimum absolute atomic E-state index is 0.170. The molecule has 1 rings (SSSR count). The summed E-state index contributed by atoms with van der Waals surface area (Å²) in [6.45, 7) is 11.0. The Bertz CT molecular complexity index is 290. The molecule has 4 N–H and O–H groups in total. The van der Waals surface area contributed by atoms with E-state index in [2.05, 4.69) is 32.6 Å². The SMILES string of the molecule is CCC(N)C(N1CCC(CC(N)=O)CC1)C(C)(C)C. The Kier molecular flexibility index (Phi) is 5.81. The fourth-order valence-corrected chi connectivity index (χ4v) is 3.40. The van der Waals surface area contributed by atoms with Crippen LogP contribution in [0.1, 0.15) is 53.4 Å². The maximum atomic E-state index is 11.0. The number of carbonyl (C=O) groups is 1. The van der Waals surface area contributed by atoms with Crippen molar-refractivity contribution >= 4 is 5.91 Å².